The first-order valence-electron chi connectivity index (χ1n) is 6.92. The maximum atomic E-state index is 13.7. The van der Waals surface area contributed by atoms with Gasteiger partial charge in [-0.25, -0.2) is 4.39 Å². The molecule has 0 saturated heterocycles. The Balaban J connectivity index is 2.03. The van der Waals surface area contributed by atoms with E-state index >= 15 is 0 Å². The predicted molar refractivity (Wildman–Crippen MR) is 84.9 cm³/mol. The predicted octanol–water partition coefficient (Wildman–Crippen LogP) is 4.33. The molecule has 1 aliphatic carbocycles. The highest BCUT2D eigenvalue weighted by Crippen LogP contribution is 2.56. The summed E-state index contributed by atoms with van der Waals surface area (Å²) in [5.41, 5.74) is 8.55. The molecular weight excluding hydrogens is 333 g/mol. The van der Waals surface area contributed by atoms with Gasteiger partial charge in [0, 0.05) is 23.1 Å². The van der Waals surface area contributed by atoms with Crippen LogP contribution in [0.1, 0.15) is 30.0 Å². The number of rotatable bonds is 4. The van der Waals surface area contributed by atoms with Gasteiger partial charge in [0.25, 0.3) is 0 Å². The Kier molecular flexibility index (Phi) is 3.76. The van der Waals surface area contributed by atoms with Crippen LogP contribution in [0.25, 0.3) is 0 Å². The molecule has 1 saturated carbocycles. The average molecular weight is 350 g/mol. The van der Waals surface area contributed by atoms with Crippen molar-refractivity contribution in [1.29, 1.82) is 0 Å². The van der Waals surface area contributed by atoms with Gasteiger partial charge in [0.1, 0.15) is 11.6 Å². The third-order valence-electron chi connectivity index (χ3n) is 4.34. The molecule has 0 radical (unpaired) electrons. The highest BCUT2D eigenvalue weighted by Gasteiger charge is 2.50. The van der Waals surface area contributed by atoms with Crippen LogP contribution >= 0.6 is 15.9 Å². The van der Waals surface area contributed by atoms with Crippen LogP contribution < -0.4 is 10.5 Å². The van der Waals surface area contributed by atoms with E-state index in [1.165, 1.54) is 11.6 Å². The Bertz CT molecular complexity index is 655. The number of hydrogen-bond donors (Lipinski definition) is 1. The van der Waals surface area contributed by atoms with E-state index in [-0.39, 0.29) is 17.3 Å². The lowest BCUT2D eigenvalue weighted by atomic mass is 9.84. The van der Waals surface area contributed by atoms with Crippen LogP contribution in [0.3, 0.4) is 0 Å². The van der Waals surface area contributed by atoms with Crippen molar-refractivity contribution in [3.63, 3.8) is 0 Å². The van der Waals surface area contributed by atoms with Gasteiger partial charge in [-0.15, -0.1) is 0 Å². The summed E-state index contributed by atoms with van der Waals surface area (Å²) in [6.45, 7) is 0. The SMILES string of the molecule is COc1cc(F)c(Br)cc1C(N)C1(c2ccccc2)CC1. The van der Waals surface area contributed by atoms with E-state index < -0.39 is 0 Å². The lowest BCUT2D eigenvalue weighted by molar-refractivity contribution is 0.394. The van der Waals surface area contributed by atoms with Crippen LogP contribution in [0, 0.1) is 5.82 Å². The third-order valence-corrected chi connectivity index (χ3v) is 4.95. The van der Waals surface area contributed by atoms with Gasteiger partial charge in [0.05, 0.1) is 11.6 Å². The van der Waals surface area contributed by atoms with Crippen molar-refractivity contribution in [2.45, 2.75) is 24.3 Å². The minimum atomic E-state index is -0.340. The first kappa shape index (κ1) is 14.5. The van der Waals surface area contributed by atoms with E-state index in [2.05, 4.69) is 28.1 Å². The summed E-state index contributed by atoms with van der Waals surface area (Å²) in [6.07, 6.45) is 2.08. The summed E-state index contributed by atoms with van der Waals surface area (Å²) in [5.74, 6) is 0.165. The van der Waals surface area contributed by atoms with Crippen molar-refractivity contribution in [3.8, 4) is 5.75 Å². The number of halogens is 2. The topological polar surface area (TPSA) is 35.2 Å². The minimum Gasteiger partial charge on any atom is -0.496 e. The zero-order valence-corrected chi connectivity index (χ0v) is 13.4. The fourth-order valence-corrected chi connectivity index (χ4v) is 3.31. The molecule has 2 N–H and O–H groups in total. The molecule has 0 aromatic heterocycles. The Morgan fingerprint density at radius 3 is 2.48 bits per heavy atom. The standard InChI is InChI=1S/C17H17BrFNO/c1-21-15-10-14(19)13(18)9-12(15)16(20)17(7-8-17)11-5-3-2-4-6-11/h2-6,9-10,16H,7-8,20H2,1H3. The van der Waals surface area contributed by atoms with Gasteiger partial charge < -0.3 is 10.5 Å². The highest BCUT2D eigenvalue weighted by molar-refractivity contribution is 9.10. The van der Waals surface area contributed by atoms with Crippen LogP contribution in [-0.2, 0) is 5.41 Å². The Hall–Kier alpha value is -1.39. The molecule has 0 heterocycles. The van der Waals surface area contributed by atoms with Gasteiger partial charge in [-0.2, -0.15) is 0 Å². The molecule has 110 valence electrons. The maximum absolute atomic E-state index is 13.7. The van der Waals surface area contributed by atoms with Gasteiger partial charge in [0.2, 0.25) is 0 Å². The number of benzene rings is 2. The van der Waals surface area contributed by atoms with Crippen LogP contribution in [0.5, 0.6) is 5.75 Å². The Labute approximate surface area is 132 Å². The average Bonchev–Trinajstić information content (AvgIpc) is 3.31. The van der Waals surface area contributed by atoms with Crippen molar-refractivity contribution >= 4 is 15.9 Å². The molecular formula is C17H17BrFNO. The summed E-state index contributed by atoms with van der Waals surface area (Å²) in [4.78, 5) is 0. The monoisotopic (exact) mass is 349 g/mol. The molecule has 0 bridgehead atoms. The third kappa shape index (κ3) is 2.47. The normalized spacial score (nSPS) is 17.3. The van der Waals surface area contributed by atoms with E-state index in [4.69, 9.17) is 10.5 Å². The molecule has 0 aliphatic heterocycles. The molecule has 1 unspecified atom stereocenters. The molecule has 21 heavy (non-hydrogen) atoms. The largest absolute Gasteiger partial charge is 0.496 e. The zero-order valence-electron chi connectivity index (χ0n) is 11.8. The fraction of sp³-hybridized carbons (Fsp3) is 0.294. The van der Waals surface area contributed by atoms with Gasteiger partial charge in [-0.1, -0.05) is 30.3 Å². The molecule has 2 nitrogen and oxygen atoms in total. The van der Waals surface area contributed by atoms with E-state index in [0.717, 1.165) is 18.4 Å². The van der Waals surface area contributed by atoms with Gasteiger partial charge >= 0.3 is 0 Å². The van der Waals surface area contributed by atoms with Crippen molar-refractivity contribution in [2.75, 3.05) is 7.11 Å². The Morgan fingerprint density at radius 2 is 1.90 bits per heavy atom. The highest BCUT2D eigenvalue weighted by atomic mass is 79.9. The molecule has 3 rings (SSSR count). The molecule has 1 fully saturated rings. The Morgan fingerprint density at radius 1 is 1.24 bits per heavy atom. The van der Waals surface area contributed by atoms with Crippen LogP contribution in [0.2, 0.25) is 0 Å². The molecule has 1 aliphatic rings. The summed E-state index contributed by atoms with van der Waals surface area (Å²) >= 11 is 3.23. The number of nitrogens with two attached hydrogens (primary N) is 1. The summed E-state index contributed by atoms with van der Waals surface area (Å²) in [5, 5.41) is 0. The van der Waals surface area contributed by atoms with E-state index in [9.17, 15) is 4.39 Å². The van der Waals surface area contributed by atoms with Crippen LogP contribution in [0.15, 0.2) is 46.9 Å². The molecule has 4 heteroatoms. The van der Waals surface area contributed by atoms with Crippen molar-refractivity contribution in [2.24, 2.45) is 5.73 Å². The van der Waals surface area contributed by atoms with Crippen molar-refractivity contribution in [1.82, 2.24) is 0 Å². The maximum Gasteiger partial charge on any atom is 0.141 e. The van der Waals surface area contributed by atoms with E-state index in [0.29, 0.717) is 10.2 Å². The molecule has 0 amide bonds. The second-order valence-corrected chi connectivity index (χ2v) is 6.36. The van der Waals surface area contributed by atoms with Gasteiger partial charge in [-0.05, 0) is 40.4 Å². The fourth-order valence-electron chi connectivity index (χ4n) is 2.95. The summed E-state index contributed by atoms with van der Waals surface area (Å²) in [6, 6.07) is 13.2. The van der Waals surface area contributed by atoms with Crippen molar-refractivity contribution in [3.05, 3.63) is 63.9 Å². The summed E-state index contributed by atoms with van der Waals surface area (Å²) in [7, 11) is 1.54. The number of ether oxygens (including phenoxy) is 1. The number of hydrogen-bond acceptors (Lipinski definition) is 2. The number of methoxy groups -OCH3 is 1. The summed E-state index contributed by atoms with van der Waals surface area (Å²) < 4.78 is 19.4. The lowest BCUT2D eigenvalue weighted by Gasteiger charge is -2.26. The van der Waals surface area contributed by atoms with E-state index in [1.807, 2.05) is 18.2 Å². The van der Waals surface area contributed by atoms with Crippen LogP contribution in [-0.4, -0.2) is 7.11 Å². The minimum absolute atomic E-state index is 0.0637. The quantitative estimate of drug-likeness (QED) is 0.891. The van der Waals surface area contributed by atoms with Gasteiger partial charge in [0.15, 0.2) is 0 Å². The first-order valence-corrected chi connectivity index (χ1v) is 7.72. The molecule has 1 atom stereocenters. The molecule has 2 aromatic rings. The second kappa shape index (κ2) is 5.43. The van der Waals surface area contributed by atoms with E-state index in [1.54, 1.807) is 13.2 Å². The van der Waals surface area contributed by atoms with Gasteiger partial charge in [-0.3, -0.25) is 0 Å². The second-order valence-electron chi connectivity index (χ2n) is 5.51. The lowest BCUT2D eigenvalue weighted by Crippen LogP contribution is -2.27. The van der Waals surface area contributed by atoms with Crippen molar-refractivity contribution < 1.29 is 9.13 Å². The zero-order chi connectivity index (χ0) is 15.0. The smallest absolute Gasteiger partial charge is 0.141 e. The first-order chi connectivity index (χ1) is 10.1. The molecule has 2 aromatic carbocycles. The van der Waals surface area contributed by atoms with Crippen LogP contribution in [0.4, 0.5) is 4.39 Å². The molecule has 0 spiro atoms.